The summed E-state index contributed by atoms with van der Waals surface area (Å²) < 4.78 is 12.1. The fourth-order valence-electron chi connectivity index (χ4n) is 2.33. The number of rotatable bonds is 6. The molecule has 1 aromatic rings. The second kappa shape index (κ2) is 9.95. The number of nitrogens with zero attached hydrogens (tertiary/aromatic N) is 4. The average molecular weight is 424 g/mol. The van der Waals surface area contributed by atoms with Crippen molar-refractivity contribution in [2.75, 3.05) is 34.4 Å². The van der Waals surface area contributed by atoms with Gasteiger partial charge in [-0.3, -0.25) is 4.99 Å². The predicted octanol–water partition coefficient (Wildman–Crippen LogP) is 0.169. The number of hydrogen-bond acceptors (Lipinski definition) is 5. The molecule has 0 amide bonds. The van der Waals surface area contributed by atoms with Crippen molar-refractivity contribution in [3.8, 4) is 0 Å². The maximum Gasteiger partial charge on any atom is 0.191 e. The van der Waals surface area contributed by atoms with Gasteiger partial charge in [0.15, 0.2) is 11.8 Å². The topological polar surface area (TPSA) is 85.6 Å². The summed E-state index contributed by atoms with van der Waals surface area (Å²) in [5.41, 5.74) is 0. The quantitative estimate of drug-likeness (QED) is 0.293. The molecule has 0 saturated carbocycles. The van der Waals surface area contributed by atoms with Gasteiger partial charge in [0, 0.05) is 40.3 Å². The molecule has 0 radical (unpaired) electrons. The number of nitrogens with one attached hydrogen (secondary N) is 2. The first-order valence-electron chi connectivity index (χ1n) is 7.14. The Morgan fingerprint density at radius 1 is 1.41 bits per heavy atom. The van der Waals surface area contributed by atoms with Crippen LogP contribution in [0.15, 0.2) is 4.99 Å². The van der Waals surface area contributed by atoms with Gasteiger partial charge >= 0.3 is 0 Å². The normalized spacial score (nSPS) is 17.6. The molecule has 0 aliphatic carbocycles. The molecular weight excluding hydrogens is 399 g/mol. The molecule has 0 aromatic carbocycles. The first kappa shape index (κ1) is 19.1. The van der Waals surface area contributed by atoms with Crippen molar-refractivity contribution in [3.63, 3.8) is 0 Å². The summed E-state index contributed by atoms with van der Waals surface area (Å²) in [6, 6.07) is 0.295. The SMILES string of the molecule is CN=C(NCCOC)NC1CCc2nc(COC)nn2C1.I. The number of methoxy groups -OCH3 is 2. The summed E-state index contributed by atoms with van der Waals surface area (Å²) in [5, 5.41) is 11.1. The molecule has 1 aliphatic heterocycles. The van der Waals surface area contributed by atoms with Crippen LogP contribution in [-0.2, 0) is 29.0 Å². The number of aryl methyl sites for hydroxylation is 1. The molecular formula is C13H25IN6O2. The van der Waals surface area contributed by atoms with Gasteiger partial charge < -0.3 is 20.1 Å². The van der Waals surface area contributed by atoms with Crippen LogP contribution in [0.1, 0.15) is 18.1 Å². The number of guanidine groups is 1. The molecule has 2 N–H and O–H groups in total. The summed E-state index contributed by atoms with van der Waals surface area (Å²) in [4.78, 5) is 8.69. The van der Waals surface area contributed by atoms with Crippen LogP contribution >= 0.6 is 24.0 Å². The maximum atomic E-state index is 5.07. The van der Waals surface area contributed by atoms with Crippen LogP contribution < -0.4 is 10.6 Å². The van der Waals surface area contributed by atoms with E-state index in [1.165, 1.54) is 0 Å². The Morgan fingerprint density at radius 2 is 2.23 bits per heavy atom. The van der Waals surface area contributed by atoms with E-state index in [1.54, 1.807) is 21.3 Å². The molecule has 0 bridgehead atoms. The molecule has 9 heteroatoms. The van der Waals surface area contributed by atoms with Gasteiger partial charge in [-0.2, -0.15) is 5.10 Å². The van der Waals surface area contributed by atoms with E-state index < -0.39 is 0 Å². The number of halogens is 1. The van der Waals surface area contributed by atoms with Gasteiger partial charge in [0.05, 0.1) is 13.2 Å². The van der Waals surface area contributed by atoms with E-state index in [9.17, 15) is 0 Å². The molecule has 2 rings (SSSR count). The molecule has 8 nitrogen and oxygen atoms in total. The van der Waals surface area contributed by atoms with Crippen molar-refractivity contribution in [2.24, 2.45) is 4.99 Å². The van der Waals surface area contributed by atoms with Crippen LogP contribution in [0, 0.1) is 0 Å². The van der Waals surface area contributed by atoms with Crippen molar-refractivity contribution in [1.82, 2.24) is 25.4 Å². The number of aliphatic imine (C=N–C) groups is 1. The van der Waals surface area contributed by atoms with Gasteiger partial charge in [0.2, 0.25) is 0 Å². The second-order valence-corrected chi connectivity index (χ2v) is 4.93. The van der Waals surface area contributed by atoms with Crippen LogP contribution in [0.3, 0.4) is 0 Å². The van der Waals surface area contributed by atoms with E-state index in [0.717, 1.165) is 43.5 Å². The molecule has 126 valence electrons. The zero-order chi connectivity index (χ0) is 15.1. The average Bonchev–Trinajstić information content (AvgIpc) is 2.88. The van der Waals surface area contributed by atoms with Gasteiger partial charge in [-0.25, -0.2) is 9.67 Å². The Hall–Kier alpha value is -0.940. The zero-order valence-corrected chi connectivity index (χ0v) is 15.7. The van der Waals surface area contributed by atoms with Crippen molar-refractivity contribution in [2.45, 2.75) is 32.0 Å². The van der Waals surface area contributed by atoms with E-state index in [2.05, 4.69) is 25.7 Å². The van der Waals surface area contributed by atoms with Crippen LogP contribution in [0.5, 0.6) is 0 Å². The highest BCUT2D eigenvalue weighted by atomic mass is 127. The third-order valence-electron chi connectivity index (χ3n) is 3.34. The van der Waals surface area contributed by atoms with Crippen LogP contribution in [-0.4, -0.2) is 61.2 Å². The summed E-state index contributed by atoms with van der Waals surface area (Å²) in [7, 11) is 5.10. The Bertz CT molecular complexity index is 479. The Morgan fingerprint density at radius 3 is 2.91 bits per heavy atom. The van der Waals surface area contributed by atoms with Gasteiger partial charge in [0.1, 0.15) is 12.4 Å². The lowest BCUT2D eigenvalue weighted by Gasteiger charge is -2.25. The summed E-state index contributed by atoms with van der Waals surface area (Å²) in [6.07, 6.45) is 1.92. The lowest BCUT2D eigenvalue weighted by atomic mass is 10.1. The van der Waals surface area contributed by atoms with E-state index in [-0.39, 0.29) is 24.0 Å². The van der Waals surface area contributed by atoms with Gasteiger partial charge in [0.25, 0.3) is 0 Å². The highest BCUT2D eigenvalue weighted by molar-refractivity contribution is 14.0. The van der Waals surface area contributed by atoms with E-state index in [1.807, 2.05) is 4.68 Å². The predicted molar refractivity (Wildman–Crippen MR) is 94.6 cm³/mol. The van der Waals surface area contributed by atoms with Crippen molar-refractivity contribution < 1.29 is 9.47 Å². The van der Waals surface area contributed by atoms with Crippen LogP contribution in [0.2, 0.25) is 0 Å². The molecule has 1 aromatic heterocycles. The molecule has 0 saturated heterocycles. The van der Waals surface area contributed by atoms with E-state index in [4.69, 9.17) is 9.47 Å². The third kappa shape index (κ3) is 5.36. The molecule has 1 unspecified atom stereocenters. The van der Waals surface area contributed by atoms with Gasteiger partial charge in [-0.05, 0) is 6.42 Å². The lowest BCUT2D eigenvalue weighted by Crippen LogP contribution is -2.47. The number of fused-ring (bicyclic) bond motifs is 1. The molecule has 1 aliphatic rings. The van der Waals surface area contributed by atoms with Gasteiger partial charge in [-0.15, -0.1) is 24.0 Å². The highest BCUT2D eigenvalue weighted by Crippen LogP contribution is 2.13. The third-order valence-corrected chi connectivity index (χ3v) is 3.34. The summed E-state index contributed by atoms with van der Waals surface area (Å²) >= 11 is 0. The fourth-order valence-corrected chi connectivity index (χ4v) is 2.33. The van der Waals surface area contributed by atoms with Crippen molar-refractivity contribution in [3.05, 3.63) is 11.6 Å². The monoisotopic (exact) mass is 424 g/mol. The smallest absolute Gasteiger partial charge is 0.191 e. The Labute approximate surface area is 148 Å². The Balaban J connectivity index is 0.00000242. The summed E-state index contributed by atoms with van der Waals surface area (Å²) in [6.45, 7) is 2.63. The van der Waals surface area contributed by atoms with E-state index >= 15 is 0 Å². The van der Waals surface area contributed by atoms with Crippen LogP contribution in [0.25, 0.3) is 0 Å². The molecule has 1 atom stereocenters. The minimum absolute atomic E-state index is 0. The van der Waals surface area contributed by atoms with E-state index in [0.29, 0.717) is 19.3 Å². The molecule has 0 spiro atoms. The van der Waals surface area contributed by atoms with Gasteiger partial charge in [-0.1, -0.05) is 0 Å². The second-order valence-electron chi connectivity index (χ2n) is 4.93. The fraction of sp³-hybridized carbons (Fsp3) is 0.769. The largest absolute Gasteiger partial charge is 0.383 e. The highest BCUT2D eigenvalue weighted by Gasteiger charge is 2.22. The number of ether oxygens (including phenoxy) is 2. The molecule has 0 fully saturated rings. The van der Waals surface area contributed by atoms with Crippen LogP contribution in [0.4, 0.5) is 0 Å². The van der Waals surface area contributed by atoms with Crippen molar-refractivity contribution >= 4 is 29.9 Å². The van der Waals surface area contributed by atoms with Crippen molar-refractivity contribution in [1.29, 1.82) is 0 Å². The standard InChI is InChI=1S/C13H24N6O2.HI/c1-14-13(15-6-7-20-2)16-10-4-5-12-17-11(9-21-3)18-19(12)8-10;/h10H,4-9H2,1-3H3,(H2,14,15,16);1H. The maximum absolute atomic E-state index is 5.07. The molecule has 2 heterocycles. The molecule has 22 heavy (non-hydrogen) atoms. The minimum Gasteiger partial charge on any atom is -0.383 e. The summed E-state index contributed by atoms with van der Waals surface area (Å²) in [5.74, 6) is 2.57. The number of hydrogen-bond donors (Lipinski definition) is 2. The minimum atomic E-state index is 0. The zero-order valence-electron chi connectivity index (χ0n) is 13.3. The number of aromatic nitrogens is 3. The first-order valence-corrected chi connectivity index (χ1v) is 7.14. The lowest BCUT2D eigenvalue weighted by molar-refractivity contribution is 0.177. The Kier molecular flexibility index (Phi) is 8.64. The first-order chi connectivity index (χ1) is 10.3.